The molecule has 1 saturated heterocycles. The van der Waals surface area contributed by atoms with E-state index in [0.29, 0.717) is 38.2 Å². The first-order valence-electron chi connectivity index (χ1n) is 14.1. The number of hydrogen-bond donors (Lipinski definition) is 0. The van der Waals surface area contributed by atoms with Gasteiger partial charge < -0.3 is 14.5 Å². The Labute approximate surface area is 234 Å². The maximum absolute atomic E-state index is 14.4. The normalized spacial score (nSPS) is 21.4. The zero-order valence-electron chi connectivity index (χ0n) is 23.2. The summed E-state index contributed by atoms with van der Waals surface area (Å²) in [6, 6.07) is 14.2. The monoisotopic (exact) mass is 553 g/mol. The first kappa shape index (κ1) is 28.1. The Morgan fingerprint density at radius 1 is 1.02 bits per heavy atom. The van der Waals surface area contributed by atoms with Gasteiger partial charge in [-0.25, -0.2) is 13.6 Å². The van der Waals surface area contributed by atoms with Crippen LogP contribution in [0.3, 0.4) is 0 Å². The van der Waals surface area contributed by atoms with E-state index in [1.807, 2.05) is 25.1 Å². The van der Waals surface area contributed by atoms with E-state index in [0.717, 1.165) is 23.2 Å². The van der Waals surface area contributed by atoms with E-state index in [1.165, 1.54) is 12.0 Å². The third kappa shape index (κ3) is 5.56. The molecular formula is C31H37F2N3O4. The van der Waals surface area contributed by atoms with Crippen LogP contribution in [-0.2, 0) is 20.7 Å². The Balaban J connectivity index is 1.34. The number of fused-ring (bicyclic) bond motifs is 1. The summed E-state index contributed by atoms with van der Waals surface area (Å²) >= 11 is 0. The molecule has 1 aliphatic carbocycles. The number of amides is 3. The van der Waals surface area contributed by atoms with Crippen molar-refractivity contribution in [2.75, 3.05) is 36.5 Å². The zero-order valence-corrected chi connectivity index (χ0v) is 23.2. The first-order chi connectivity index (χ1) is 19.1. The predicted octanol–water partition coefficient (Wildman–Crippen LogP) is 5.73. The molecule has 7 nitrogen and oxygen atoms in total. The van der Waals surface area contributed by atoms with E-state index >= 15 is 0 Å². The summed E-state index contributed by atoms with van der Waals surface area (Å²) in [6.45, 7) is 3.20. The number of carbonyl (C=O) groups excluding carboxylic acids is 3. The van der Waals surface area contributed by atoms with Crippen LogP contribution in [0.1, 0.15) is 56.1 Å². The third-order valence-electron chi connectivity index (χ3n) is 8.75. The van der Waals surface area contributed by atoms with Gasteiger partial charge in [-0.15, -0.1) is 0 Å². The topological polar surface area (TPSA) is 70.2 Å². The van der Waals surface area contributed by atoms with Gasteiger partial charge in [0.1, 0.15) is 0 Å². The fourth-order valence-electron chi connectivity index (χ4n) is 6.54. The quantitative estimate of drug-likeness (QED) is 0.443. The summed E-state index contributed by atoms with van der Waals surface area (Å²) in [5.74, 6) is -3.71. The van der Waals surface area contributed by atoms with E-state index in [1.54, 1.807) is 34.1 Å². The maximum Gasteiger partial charge on any atom is 0.324 e. The van der Waals surface area contributed by atoms with Gasteiger partial charge in [0.05, 0.1) is 12.5 Å². The fourth-order valence-corrected chi connectivity index (χ4v) is 6.54. The smallest absolute Gasteiger partial charge is 0.324 e. The number of aryl methyl sites for hydroxylation is 1. The Morgan fingerprint density at radius 3 is 2.42 bits per heavy atom. The third-order valence-corrected chi connectivity index (χ3v) is 8.75. The molecule has 2 aromatic carbocycles. The second-order valence-corrected chi connectivity index (χ2v) is 11.5. The molecule has 2 heterocycles. The van der Waals surface area contributed by atoms with Gasteiger partial charge in [0.25, 0.3) is 0 Å². The molecule has 0 spiro atoms. The first-order valence-corrected chi connectivity index (χ1v) is 14.1. The summed E-state index contributed by atoms with van der Waals surface area (Å²) in [5.41, 5.74) is 2.56. The number of esters is 1. The number of ether oxygens (including phenoxy) is 1. The van der Waals surface area contributed by atoms with Crippen LogP contribution < -0.4 is 9.80 Å². The number of benzene rings is 2. The van der Waals surface area contributed by atoms with Gasteiger partial charge in [-0.3, -0.25) is 14.5 Å². The maximum atomic E-state index is 14.4. The number of alkyl halides is 2. The molecule has 1 saturated carbocycles. The lowest BCUT2D eigenvalue weighted by Crippen LogP contribution is -2.53. The Bertz CT molecular complexity index is 1260. The van der Waals surface area contributed by atoms with Crippen LogP contribution in [-0.4, -0.2) is 61.5 Å². The summed E-state index contributed by atoms with van der Waals surface area (Å²) in [5, 5.41) is 0. The fraction of sp³-hybridized carbons (Fsp3) is 0.516. The van der Waals surface area contributed by atoms with Crippen molar-refractivity contribution in [3.05, 3.63) is 59.7 Å². The van der Waals surface area contributed by atoms with Crippen molar-refractivity contribution in [1.29, 1.82) is 0 Å². The van der Waals surface area contributed by atoms with E-state index in [-0.39, 0.29) is 37.6 Å². The van der Waals surface area contributed by atoms with Crippen LogP contribution in [0.15, 0.2) is 48.5 Å². The Hall–Kier alpha value is -3.49. The van der Waals surface area contributed by atoms with Crippen LogP contribution >= 0.6 is 0 Å². The van der Waals surface area contributed by atoms with E-state index in [9.17, 15) is 23.2 Å². The van der Waals surface area contributed by atoms with Gasteiger partial charge in [0, 0.05) is 56.3 Å². The lowest BCUT2D eigenvalue weighted by Gasteiger charge is -2.43. The van der Waals surface area contributed by atoms with Crippen LogP contribution in [0.4, 0.5) is 25.0 Å². The molecule has 0 aromatic heterocycles. The van der Waals surface area contributed by atoms with Gasteiger partial charge in [-0.2, -0.15) is 0 Å². The van der Waals surface area contributed by atoms with Crippen molar-refractivity contribution in [2.45, 2.75) is 70.3 Å². The number of likely N-dealkylation sites (tertiary alicyclic amines) is 1. The molecule has 2 aliphatic heterocycles. The number of piperidine rings is 1. The molecule has 5 rings (SSSR count). The molecule has 1 unspecified atom stereocenters. The van der Waals surface area contributed by atoms with Crippen LogP contribution in [0.5, 0.6) is 0 Å². The van der Waals surface area contributed by atoms with Crippen molar-refractivity contribution in [2.24, 2.45) is 5.41 Å². The van der Waals surface area contributed by atoms with Crippen molar-refractivity contribution in [1.82, 2.24) is 4.90 Å². The van der Waals surface area contributed by atoms with Gasteiger partial charge in [0.2, 0.25) is 11.8 Å². The number of nitrogens with zero attached hydrogens (tertiary/aromatic N) is 3. The number of para-hydroxylation sites is 1. The van der Waals surface area contributed by atoms with E-state index in [4.69, 9.17) is 4.74 Å². The SMILES string of the molecule is COC(=O)C1(CC(=O)N(c2ccccc2)C2CCCC(F)(F)C2)CCN(C(=O)N2CCc3ccc(C)cc32)CC1. The lowest BCUT2D eigenvalue weighted by atomic mass is 9.75. The van der Waals surface area contributed by atoms with Gasteiger partial charge in [-0.1, -0.05) is 30.3 Å². The summed E-state index contributed by atoms with van der Waals surface area (Å²) < 4.78 is 34.0. The highest BCUT2D eigenvalue weighted by atomic mass is 19.3. The number of carbonyl (C=O) groups is 3. The van der Waals surface area contributed by atoms with Crippen molar-refractivity contribution in [3.8, 4) is 0 Å². The van der Waals surface area contributed by atoms with Crippen molar-refractivity contribution >= 4 is 29.3 Å². The summed E-state index contributed by atoms with van der Waals surface area (Å²) in [6.07, 6.45) is 1.36. The number of urea groups is 1. The van der Waals surface area contributed by atoms with Crippen molar-refractivity contribution < 1.29 is 27.9 Å². The molecule has 0 radical (unpaired) electrons. The molecule has 3 amide bonds. The molecule has 214 valence electrons. The summed E-state index contributed by atoms with van der Waals surface area (Å²) in [4.78, 5) is 45.6. The zero-order chi connectivity index (χ0) is 28.5. The molecule has 40 heavy (non-hydrogen) atoms. The largest absolute Gasteiger partial charge is 0.469 e. The molecule has 0 N–H and O–H groups in total. The van der Waals surface area contributed by atoms with Crippen LogP contribution in [0, 0.1) is 12.3 Å². The lowest BCUT2D eigenvalue weighted by molar-refractivity contribution is -0.158. The Morgan fingerprint density at radius 2 is 1.75 bits per heavy atom. The average molecular weight is 554 g/mol. The standard InChI is InChI=1S/C31H37F2N3O4/c1-22-10-11-23-12-16-35(26(23)19-22)29(39)34-17-14-30(15-18-34,28(38)40-2)21-27(37)36(24-7-4-3-5-8-24)25-9-6-13-31(32,33)20-25/h3-5,7-8,10-11,19,25H,6,9,12-18,20-21H2,1-2H3. The number of anilines is 2. The number of hydrogen-bond acceptors (Lipinski definition) is 4. The predicted molar refractivity (Wildman–Crippen MR) is 149 cm³/mol. The minimum atomic E-state index is -2.84. The highest BCUT2D eigenvalue weighted by molar-refractivity contribution is 5.98. The molecular weight excluding hydrogens is 516 g/mol. The van der Waals surface area contributed by atoms with E-state index < -0.39 is 29.8 Å². The molecule has 0 bridgehead atoms. The highest BCUT2D eigenvalue weighted by Crippen LogP contribution is 2.41. The second kappa shape index (κ2) is 11.2. The van der Waals surface area contributed by atoms with E-state index in [2.05, 4.69) is 6.07 Å². The second-order valence-electron chi connectivity index (χ2n) is 11.5. The molecule has 3 aliphatic rings. The number of rotatable bonds is 5. The van der Waals surface area contributed by atoms with Gasteiger partial charge in [0.15, 0.2) is 0 Å². The minimum absolute atomic E-state index is 0.107. The molecule has 1 atom stereocenters. The van der Waals surface area contributed by atoms with Gasteiger partial charge >= 0.3 is 12.0 Å². The van der Waals surface area contributed by atoms with Crippen LogP contribution in [0.2, 0.25) is 0 Å². The summed E-state index contributed by atoms with van der Waals surface area (Å²) in [7, 11) is 1.30. The van der Waals surface area contributed by atoms with Crippen LogP contribution in [0.25, 0.3) is 0 Å². The molecule has 2 fully saturated rings. The van der Waals surface area contributed by atoms with Crippen molar-refractivity contribution in [3.63, 3.8) is 0 Å². The van der Waals surface area contributed by atoms with Gasteiger partial charge in [-0.05, 0) is 68.4 Å². The minimum Gasteiger partial charge on any atom is -0.469 e. The number of halogens is 2. The highest BCUT2D eigenvalue weighted by Gasteiger charge is 2.48. The number of methoxy groups -OCH3 is 1. The average Bonchev–Trinajstić information content (AvgIpc) is 3.36. The molecule has 9 heteroatoms. The Kier molecular flexibility index (Phi) is 7.84. The molecule has 2 aromatic rings.